The summed E-state index contributed by atoms with van der Waals surface area (Å²) >= 11 is 9.35. The lowest BCUT2D eigenvalue weighted by Gasteiger charge is -2.44. The summed E-state index contributed by atoms with van der Waals surface area (Å²) in [5.41, 5.74) is -0.181. The Kier molecular flexibility index (Phi) is 3.15. The van der Waals surface area contributed by atoms with E-state index < -0.39 is 0 Å². The fraction of sp³-hybridized carbons (Fsp3) is 0.500. The molecular formula is C14H14BrClO2. The summed E-state index contributed by atoms with van der Waals surface area (Å²) in [7, 11) is 0. The van der Waals surface area contributed by atoms with Crippen molar-refractivity contribution < 1.29 is 9.53 Å². The Morgan fingerprint density at radius 3 is 2.67 bits per heavy atom. The van der Waals surface area contributed by atoms with Crippen molar-refractivity contribution in [1.82, 2.24) is 0 Å². The summed E-state index contributed by atoms with van der Waals surface area (Å²) in [6, 6.07) is 5.49. The molecule has 0 N–H and O–H groups in total. The monoisotopic (exact) mass is 328 g/mol. The van der Waals surface area contributed by atoms with Gasteiger partial charge in [-0.05, 0) is 47.0 Å². The van der Waals surface area contributed by atoms with Gasteiger partial charge < -0.3 is 4.74 Å². The maximum absolute atomic E-state index is 11.9. The number of hydrogen-bond acceptors (Lipinski definition) is 2. The van der Waals surface area contributed by atoms with Crippen molar-refractivity contribution >= 4 is 33.3 Å². The van der Waals surface area contributed by atoms with Crippen LogP contribution in [0.5, 0.6) is 5.75 Å². The van der Waals surface area contributed by atoms with Crippen molar-refractivity contribution in [3.05, 3.63) is 27.7 Å². The molecule has 2 saturated carbocycles. The third-order valence-electron chi connectivity index (χ3n) is 4.20. The van der Waals surface area contributed by atoms with Crippen LogP contribution in [-0.4, -0.2) is 11.9 Å². The van der Waals surface area contributed by atoms with Gasteiger partial charge in [-0.15, -0.1) is 0 Å². The van der Waals surface area contributed by atoms with E-state index in [1.54, 1.807) is 0 Å². The highest BCUT2D eigenvalue weighted by Crippen LogP contribution is 2.52. The van der Waals surface area contributed by atoms with Crippen molar-refractivity contribution in [3.8, 4) is 5.75 Å². The molecule has 2 fully saturated rings. The summed E-state index contributed by atoms with van der Waals surface area (Å²) in [6.07, 6.45) is 4.86. The van der Waals surface area contributed by atoms with Crippen LogP contribution in [0.15, 0.2) is 22.7 Å². The lowest BCUT2D eigenvalue weighted by molar-refractivity contribution is -0.151. The van der Waals surface area contributed by atoms with E-state index in [4.69, 9.17) is 16.3 Å². The summed E-state index contributed by atoms with van der Waals surface area (Å²) in [6.45, 7) is 0. The fourth-order valence-electron chi connectivity index (χ4n) is 3.10. The number of Topliss-reactive ketones (excluding diaryl/α,β-unsaturated/α-hetero) is 1. The quantitative estimate of drug-likeness (QED) is 0.804. The van der Waals surface area contributed by atoms with Crippen LogP contribution in [0.2, 0.25) is 5.02 Å². The molecule has 0 amide bonds. The van der Waals surface area contributed by atoms with Gasteiger partial charge in [-0.25, -0.2) is 0 Å². The van der Waals surface area contributed by atoms with Gasteiger partial charge >= 0.3 is 0 Å². The van der Waals surface area contributed by atoms with Gasteiger partial charge in [0.05, 0.1) is 9.89 Å². The van der Waals surface area contributed by atoms with E-state index in [-0.39, 0.29) is 11.5 Å². The Morgan fingerprint density at radius 2 is 2.06 bits per heavy atom. The molecule has 0 saturated heterocycles. The SMILES string of the molecule is O=C1CC(Oc2ccc(Cl)cc2Br)C12CCCC2. The highest BCUT2D eigenvalue weighted by atomic mass is 79.9. The summed E-state index contributed by atoms with van der Waals surface area (Å²) in [4.78, 5) is 11.9. The summed E-state index contributed by atoms with van der Waals surface area (Å²) < 4.78 is 6.87. The minimum Gasteiger partial charge on any atom is -0.488 e. The van der Waals surface area contributed by atoms with Crippen LogP contribution >= 0.6 is 27.5 Å². The first-order valence-electron chi connectivity index (χ1n) is 6.27. The zero-order chi connectivity index (χ0) is 12.8. The van der Waals surface area contributed by atoms with Crippen molar-refractivity contribution in [1.29, 1.82) is 0 Å². The molecule has 18 heavy (non-hydrogen) atoms. The zero-order valence-corrected chi connectivity index (χ0v) is 12.3. The second-order valence-corrected chi connectivity index (χ2v) is 6.46. The first-order chi connectivity index (χ1) is 8.62. The Morgan fingerprint density at radius 1 is 1.33 bits per heavy atom. The molecular weight excluding hydrogens is 316 g/mol. The number of benzene rings is 1. The van der Waals surface area contributed by atoms with E-state index in [1.807, 2.05) is 18.2 Å². The highest BCUT2D eigenvalue weighted by molar-refractivity contribution is 9.10. The molecule has 1 atom stereocenters. The van der Waals surface area contributed by atoms with Crippen LogP contribution in [0.25, 0.3) is 0 Å². The molecule has 0 heterocycles. The van der Waals surface area contributed by atoms with Gasteiger partial charge in [-0.1, -0.05) is 24.4 Å². The van der Waals surface area contributed by atoms with Gasteiger partial charge in [0, 0.05) is 11.4 Å². The molecule has 0 radical (unpaired) electrons. The third kappa shape index (κ3) is 1.88. The number of carbonyl (C=O) groups excluding carboxylic acids is 1. The van der Waals surface area contributed by atoms with E-state index >= 15 is 0 Å². The number of carbonyl (C=O) groups is 1. The van der Waals surface area contributed by atoms with E-state index in [2.05, 4.69) is 15.9 Å². The summed E-state index contributed by atoms with van der Waals surface area (Å²) in [5.74, 6) is 1.17. The van der Waals surface area contributed by atoms with Gasteiger partial charge in [-0.3, -0.25) is 4.79 Å². The molecule has 1 aromatic carbocycles. The average Bonchev–Trinajstić information content (AvgIpc) is 2.83. The van der Waals surface area contributed by atoms with Crippen LogP contribution in [0, 0.1) is 5.41 Å². The van der Waals surface area contributed by atoms with Crippen molar-refractivity contribution in [2.75, 3.05) is 0 Å². The number of ketones is 1. The van der Waals surface area contributed by atoms with Crippen molar-refractivity contribution in [2.24, 2.45) is 5.41 Å². The number of ether oxygens (including phenoxy) is 1. The molecule has 0 aliphatic heterocycles. The molecule has 1 spiro atoms. The molecule has 4 heteroatoms. The van der Waals surface area contributed by atoms with E-state index in [1.165, 1.54) is 0 Å². The molecule has 2 aliphatic carbocycles. The van der Waals surface area contributed by atoms with Crippen LogP contribution in [0.3, 0.4) is 0 Å². The van der Waals surface area contributed by atoms with Crippen LogP contribution < -0.4 is 4.74 Å². The molecule has 2 nitrogen and oxygen atoms in total. The minimum absolute atomic E-state index is 0.0463. The Labute approximate surface area is 120 Å². The largest absolute Gasteiger partial charge is 0.488 e. The predicted molar refractivity (Wildman–Crippen MR) is 74.1 cm³/mol. The molecule has 0 aromatic heterocycles. The normalized spacial score (nSPS) is 25.2. The van der Waals surface area contributed by atoms with E-state index in [9.17, 15) is 4.79 Å². The fourth-order valence-corrected chi connectivity index (χ4v) is 3.88. The van der Waals surface area contributed by atoms with Crippen molar-refractivity contribution in [2.45, 2.75) is 38.2 Å². The third-order valence-corrected chi connectivity index (χ3v) is 5.06. The Balaban J connectivity index is 1.79. The molecule has 1 unspecified atom stereocenters. The van der Waals surface area contributed by atoms with Crippen LogP contribution in [-0.2, 0) is 4.79 Å². The van der Waals surface area contributed by atoms with Gasteiger partial charge in [0.1, 0.15) is 17.6 Å². The molecule has 2 aliphatic rings. The van der Waals surface area contributed by atoms with Crippen molar-refractivity contribution in [3.63, 3.8) is 0 Å². The lowest BCUT2D eigenvalue weighted by Crippen LogP contribution is -2.55. The van der Waals surface area contributed by atoms with E-state index in [0.29, 0.717) is 17.2 Å². The minimum atomic E-state index is -0.181. The van der Waals surface area contributed by atoms with Gasteiger partial charge in [0.2, 0.25) is 0 Å². The molecule has 96 valence electrons. The molecule has 1 aromatic rings. The maximum atomic E-state index is 11.9. The molecule has 3 rings (SSSR count). The Bertz CT molecular complexity index is 495. The number of hydrogen-bond donors (Lipinski definition) is 0. The predicted octanol–water partition coefficient (Wildman–Crippen LogP) is 4.38. The van der Waals surface area contributed by atoms with E-state index in [0.717, 1.165) is 35.9 Å². The number of halogens is 2. The second kappa shape index (κ2) is 4.53. The second-order valence-electron chi connectivity index (χ2n) is 5.17. The van der Waals surface area contributed by atoms with Crippen LogP contribution in [0.1, 0.15) is 32.1 Å². The van der Waals surface area contributed by atoms with Crippen LogP contribution in [0.4, 0.5) is 0 Å². The number of rotatable bonds is 2. The Hall–Kier alpha value is -0.540. The van der Waals surface area contributed by atoms with Gasteiger partial charge in [0.15, 0.2) is 0 Å². The topological polar surface area (TPSA) is 26.3 Å². The first-order valence-corrected chi connectivity index (χ1v) is 7.44. The lowest BCUT2D eigenvalue weighted by atomic mass is 9.63. The zero-order valence-electron chi connectivity index (χ0n) is 9.92. The highest BCUT2D eigenvalue weighted by Gasteiger charge is 2.57. The van der Waals surface area contributed by atoms with Gasteiger partial charge in [-0.2, -0.15) is 0 Å². The van der Waals surface area contributed by atoms with Gasteiger partial charge in [0.25, 0.3) is 0 Å². The molecule has 0 bridgehead atoms. The first kappa shape index (κ1) is 12.5. The standard InChI is InChI=1S/C14H14BrClO2/c15-10-7-9(16)3-4-11(10)18-13-8-12(17)14(13)5-1-2-6-14/h3-4,7,13H,1-2,5-6,8H2. The maximum Gasteiger partial charge on any atom is 0.146 e. The smallest absolute Gasteiger partial charge is 0.146 e. The summed E-state index contributed by atoms with van der Waals surface area (Å²) in [5, 5.41) is 0.675. The average molecular weight is 330 g/mol.